The number of fused-ring (bicyclic) bond motifs is 1. The monoisotopic (exact) mass is 501 g/mol. The highest BCUT2D eigenvalue weighted by molar-refractivity contribution is 7.89. The molecule has 10 nitrogen and oxygen atoms in total. The van der Waals surface area contributed by atoms with Crippen molar-refractivity contribution in [1.29, 1.82) is 0 Å². The Labute approximate surface area is 190 Å². The normalized spacial score (nSPS) is 15.1. The van der Waals surface area contributed by atoms with Gasteiger partial charge in [0.1, 0.15) is 17.6 Å². The molecule has 0 saturated carbocycles. The number of halogens is 1. The highest BCUT2D eigenvalue weighted by Gasteiger charge is 2.20. The van der Waals surface area contributed by atoms with E-state index in [9.17, 15) is 21.2 Å². The molecular weight excluding hydrogens is 477 g/mol. The van der Waals surface area contributed by atoms with Gasteiger partial charge in [-0.3, -0.25) is 9.11 Å². The Morgan fingerprint density at radius 2 is 1.55 bits per heavy atom. The Bertz CT molecular complexity index is 1270. The summed E-state index contributed by atoms with van der Waals surface area (Å²) < 4.78 is 77.3. The van der Waals surface area contributed by atoms with Gasteiger partial charge in [-0.25, -0.2) is 9.07 Å². The van der Waals surface area contributed by atoms with Gasteiger partial charge < -0.3 is 10.1 Å². The van der Waals surface area contributed by atoms with Gasteiger partial charge in [0.15, 0.2) is 0 Å². The van der Waals surface area contributed by atoms with Gasteiger partial charge in [0.05, 0.1) is 22.4 Å². The Morgan fingerprint density at radius 3 is 2.15 bits per heavy atom. The Kier molecular flexibility index (Phi) is 8.02. The first-order chi connectivity index (χ1) is 15.5. The van der Waals surface area contributed by atoms with E-state index in [0.29, 0.717) is 11.6 Å². The van der Waals surface area contributed by atoms with Crippen LogP contribution < -0.4 is 10.1 Å². The maximum atomic E-state index is 14.2. The van der Waals surface area contributed by atoms with Crippen molar-refractivity contribution in [3.63, 3.8) is 0 Å². The van der Waals surface area contributed by atoms with Crippen LogP contribution in [0.3, 0.4) is 0 Å². The lowest BCUT2D eigenvalue weighted by molar-refractivity contribution is 0.157. The van der Waals surface area contributed by atoms with Crippen LogP contribution in [0.25, 0.3) is 16.6 Å². The summed E-state index contributed by atoms with van der Waals surface area (Å²) in [6, 6.07) is 14.4. The Morgan fingerprint density at radius 1 is 0.970 bits per heavy atom. The molecule has 1 fully saturated rings. The second-order valence-corrected chi connectivity index (χ2v) is 10.5. The summed E-state index contributed by atoms with van der Waals surface area (Å²) >= 11 is 0. The lowest BCUT2D eigenvalue weighted by atomic mass is 10.1. The maximum Gasteiger partial charge on any atom is 0.265 e. The van der Waals surface area contributed by atoms with E-state index in [2.05, 4.69) is 10.4 Å². The molecule has 13 heteroatoms. The minimum absolute atomic E-state index is 0.156. The molecule has 180 valence electrons. The number of nitrogens with zero attached hydrogens (tertiary/aromatic N) is 2. The first-order valence-electron chi connectivity index (χ1n) is 10.0. The number of nitrogens with one attached hydrogen (secondary N) is 1. The highest BCUT2D eigenvalue weighted by Crippen LogP contribution is 2.29. The van der Waals surface area contributed by atoms with Gasteiger partial charge in [0.25, 0.3) is 20.2 Å². The summed E-state index contributed by atoms with van der Waals surface area (Å²) in [5, 5.41) is 8.78. The number of rotatable bonds is 6. The van der Waals surface area contributed by atoms with Gasteiger partial charge in [0.2, 0.25) is 5.88 Å². The molecule has 1 saturated heterocycles. The van der Waals surface area contributed by atoms with Crippen molar-refractivity contribution in [3.05, 3.63) is 54.3 Å². The zero-order chi connectivity index (χ0) is 24.1. The maximum absolute atomic E-state index is 14.2. The fraction of sp³-hybridized carbons (Fsp3) is 0.350. The van der Waals surface area contributed by atoms with Crippen molar-refractivity contribution < 1.29 is 35.1 Å². The number of piperidine rings is 1. The van der Waals surface area contributed by atoms with Crippen LogP contribution in [0, 0.1) is 5.82 Å². The average molecular weight is 502 g/mol. The molecule has 0 bridgehead atoms. The second-order valence-electron chi connectivity index (χ2n) is 7.32. The molecule has 0 unspecified atom stereocenters. The SMILES string of the molecule is Fc1ccccc1-n1nc(OC2CCNCC2)c2ccccc21.O=S(=O)(O)CCS(=O)(=O)O. The van der Waals surface area contributed by atoms with Gasteiger partial charge >= 0.3 is 0 Å². The van der Waals surface area contributed by atoms with Crippen LogP contribution in [0.1, 0.15) is 12.8 Å². The largest absolute Gasteiger partial charge is 0.473 e. The minimum atomic E-state index is -4.30. The first-order valence-corrected chi connectivity index (χ1v) is 13.3. The van der Waals surface area contributed by atoms with Crippen LogP contribution in [0.15, 0.2) is 48.5 Å². The fourth-order valence-corrected chi connectivity index (χ4v) is 4.90. The van der Waals surface area contributed by atoms with Gasteiger partial charge in [-0.05, 0) is 50.2 Å². The topological polar surface area (TPSA) is 148 Å². The smallest absolute Gasteiger partial charge is 0.265 e. The van der Waals surface area contributed by atoms with Crippen molar-refractivity contribution in [2.75, 3.05) is 24.6 Å². The molecule has 1 aliphatic heterocycles. The van der Waals surface area contributed by atoms with E-state index in [0.717, 1.165) is 36.8 Å². The summed E-state index contributed by atoms with van der Waals surface area (Å²) in [5.41, 5.74) is 1.28. The fourth-order valence-electron chi connectivity index (χ4n) is 3.21. The van der Waals surface area contributed by atoms with E-state index in [1.807, 2.05) is 30.3 Å². The van der Waals surface area contributed by atoms with Crippen LogP contribution in [0.2, 0.25) is 0 Å². The molecule has 4 rings (SSSR count). The quantitative estimate of drug-likeness (QED) is 0.432. The third-order valence-corrected chi connectivity index (χ3v) is 6.50. The molecule has 0 spiro atoms. The second kappa shape index (κ2) is 10.6. The van der Waals surface area contributed by atoms with Crippen molar-refractivity contribution in [1.82, 2.24) is 15.1 Å². The van der Waals surface area contributed by atoms with Crippen LogP contribution in [0.4, 0.5) is 4.39 Å². The highest BCUT2D eigenvalue weighted by atomic mass is 32.2. The minimum Gasteiger partial charge on any atom is -0.473 e. The number of benzene rings is 2. The van der Waals surface area contributed by atoms with Crippen molar-refractivity contribution in [2.45, 2.75) is 18.9 Å². The van der Waals surface area contributed by atoms with Crippen molar-refractivity contribution >= 4 is 31.1 Å². The third-order valence-electron chi connectivity index (χ3n) is 4.80. The average Bonchev–Trinajstić information content (AvgIpc) is 3.11. The number of aromatic nitrogens is 2. The molecular formula is C20H24FN3O7S2. The summed E-state index contributed by atoms with van der Waals surface area (Å²) in [6.07, 6.45) is 2.07. The summed E-state index contributed by atoms with van der Waals surface area (Å²) in [4.78, 5) is 0. The lowest BCUT2D eigenvalue weighted by Gasteiger charge is -2.22. The third kappa shape index (κ3) is 7.47. The molecule has 3 N–H and O–H groups in total. The van der Waals surface area contributed by atoms with E-state index < -0.39 is 31.7 Å². The van der Waals surface area contributed by atoms with Gasteiger partial charge in [-0.2, -0.15) is 16.8 Å². The summed E-state index contributed by atoms with van der Waals surface area (Å²) in [7, 11) is -8.59. The molecule has 2 heterocycles. The lowest BCUT2D eigenvalue weighted by Crippen LogP contribution is -2.34. The number of para-hydroxylation sites is 2. The number of hydrogen-bond acceptors (Lipinski definition) is 7. The molecule has 33 heavy (non-hydrogen) atoms. The van der Waals surface area contributed by atoms with E-state index in [4.69, 9.17) is 13.8 Å². The number of hydrogen-bond donors (Lipinski definition) is 3. The van der Waals surface area contributed by atoms with Crippen LogP contribution >= 0.6 is 0 Å². The van der Waals surface area contributed by atoms with E-state index in [1.165, 1.54) is 6.07 Å². The first kappa shape index (κ1) is 25.1. The Hall–Kier alpha value is -2.58. The van der Waals surface area contributed by atoms with E-state index in [-0.39, 0.29) is 11.9 Å². The molecule has 0 radical (unpaired) electrons. The zero-order valence-corrected chi connectivity index (χ0v) is 19.1. The molecule has 0 atom stereocenters. The van der Waals surface area contributed by atoms with Crippen molar-refractivity contribution in [3.8, 4) is 11.6 Å². The van der Waals surface area contributed by atoms with Gasteiger partial charge in [0, 0.05) is 0 Å². The molecule has 1 aromatic heterocycles. The summed E-state index contributed by atoms with van der Waals surface area (Å²) in [5.74, 6) is -1.68. The van der Waals surface area contributed by atoms with Crippen molar-refractivity contribution in [2.24, 2.45) is 0 Å². The predicted molar refractivity (Wildman–Crippen MR) is 120 cm³/mol. The number of ether oxygens (including phenoxy) is 1. The summed E-state index contributed by atoms with van der Waals surface area (Å²) in [6.45, 7) is 1.91. The van der Waals surface area contributed by atoms with E-state index >= 15 is 0 Å². The van der Waals surface area contributed by atoms with Gasteiger partial charge in [-0.1, -0.05) is 24.3 Å². The molecule has 0 aliphatic carbocycles. The van der Waals surface area contributed by atoms with Crippen LogP contribution in [-0.4, -0.2) is 66.4 Å². The standard InChI is InChI=1S/C18H18FN3O.C2H6O6S2/c19-15-6-2-4-8-17(15)22-16-7-3-1-5-14(16)18(21-22)23-13-9-11-20-12-10-13;3-9(4,5)1-2-10(6,7)8/h1-8,13,20H,9-12H2;1-2H2,(H,3,4,5)(H,6,7,8). The van der Waals surface area contributed by atoms with E-state index in [1.54, 1.807) is 16.8 Å². The molecule has 3 aromatic rings. The Balaban J connectivity index is 0.000000262. The predicted octanol–water partition coefficient (Wildman–Crippen LogP) is 2.06. The van der Waals surface area contributed by atoms with Gasteiger partial charge in [-0.15, -0.1) is 5.10 Å². The molecule has 2 aromatic carbocycles. The molecule has 0 amide bonds. The zero-order valence-electron chi connectivity index (χ0n) is 17.5. The molecule has 1 aliphatic rings. The van der Waals surface area contributed by atoms with Crippen LogP contribution in [-0.2, 0) is 20.2 Å². The van der Waals surface area contributed by atoms with Crippen LogP contribution in [0.5, 0.6) is 5.88 Å².